The number of hydrogen-bond acceptors (Lipinski definition) is 4. The number of carbonyl (C=O) groups is 1. The van der Waals surface area contributed by atoms with Gasteiger partial charge in [-0.05, 0) is 67.6 Å². The van der Waals surface area contributed by atoms with E-state index in [-0.39, 0.29) is 6.09 Å². The summed E-state index contributed by atoms with van der Waals surface area (Å²) >= 11 is 3.41. The maximum absolute atomic E-state index is 12.1. The highest BCUT2D eigenvalue weighted by atomic mass is 79.9. The van der Waals surface area contributed by atoms with Crippen LogP contribution in [0.5, 0.6) is 5.75 Å². The lowest BCUT2D eigenvalue weighted by Gasteiger charge is -2.33. The number of nitriles is 1. The topological polar surface area (TPSA) is 62.6 Å². The maximum Gasteiger partial charge on any atom is 0.410 e. The zero-order valence-electron chi connectivity index (χ0n) is 14.3. The summed E-state index contributed by atoms with van der Waals surface area (Å²) in [5.41, 5.74) is 0.0990. The van der Waals surface area contributed by atoms with Gasteiger partial charge >= 0.3 is 6.09 Å². The molecule has 2 rings (SSSR count). The minimum absolute atomic E-state index is 0.244. The van der Waals surface area contributed by atoms with Crippen LogP contribution in [0, 0.1) is 17.2 Å². The Labute approximate surface area is 151 Å². The van der Waals surface area contributed by atoms with Crippen LogP contribution in [0.4, 0.5) is 4.79 Å². The molecule has 24 heavy (non-hydrogen) atoms. The second kappa shape index (κ2) is 7.89. The molecule has 1 aromatic rings. The summed E-state index contributed by atoms with van der Waals surface area (Å²) in [7, 11) is 0. The van der Waals surface area contributed by atoms with Crippen LogP contribution >= 0.6 is 15.9 Å². The van der Waals surface area contributed by atoms with Gasteiger partial charge in [0.25, 0.3) is 0 Å². The van der Waals surface area contributed by atoms with Gasteiger partial charge in [-0.2, -0.15) is 5.26 Å². The Morgan fingerprint density at radius 3 is 2.62 bits per heavy atom. The number of rotatable bonds is 3. The quantitative estimate of drug-likeness (QED) is 0.764. The number of benzene rings is 1. The van der Waals surface area contributed by atoms with Crippen molar-refractivity contribution in [2.75, 3.05) is 19.7 Å². The number of amides is 1. The number of piperidine rings is 1. The molecule has 0 aliphatic carbocycles. The van der Waals surface area contributed by atoms with Gasteiger partial charge in [0.2, 0.25) is 0 Å². The molecule has 1 aliphatic rings. The van der Waals surface area contributed by atoms with Crippen LogP contribution in [0.3, 0.4) is 0 Å². The van der Waals surface area contributed by atoms with Gasteiger partial charge in [0, 0.05) is 13.1 Å². The van der Waals surface area contributed by atoms with Gasteiger partial charge in [-0.1, -0.05) is 6.07 Å². The minimum Gasteiger partial charge on any atom is -0.492 e. The van der Waals surface area contributed by atoms with Crippen LogP contribution in [-0.2, 0) is 4.74 Å². The van der Waals surface area contributed by atoms with E-state index in [9.17, 15) is 4.79 Å². The second-order valence-corrected chi connectivity index (χ2v) is 7.74. The fourth-order valence-electron chi connectivity index (χ4n) is 2.52. The van der Waals surface area contributed by atoms with Crippen molar-refractivity contribution >= 4 is 22.0 Å². The monoisotopic (exact) mass is 394 g/mol. The van der Waals surface area contributed by atoms with Gasteiger partial charge in [0.15, 0.2) is 0 Å². The van der Waals surface area contributed by atoms with Crippen molar-refractivity contribution in [2.24, 2.45) is 5.92 Å². The maximum atomic E-state index is 12.1. The highest BCUT2D eigenvalue weighted by Crippen LogP contribution is 2.29. The van der Waals surface area contributed by atoms with E-state index < -0.39 is 5.60 Å². The number of carbonyl (C=O) groups excluding carboxylic acids is 1. The highest BCUT2D eigenvalue weighted by Gasteiger charge is 2.27. The Bertz CT molecular complexity index is 626. The fraction of sp³-hybridized carbons (Fsp3) is 0.556. The first kappa shape index (κ1) is 18.6. The van der Waals surface area contributed by atoms with Gasteiger partial charge in [-0.25, -0.2) is 4.79 Å². The Balaban J connectivity index is 1.82. The van der Waals surface area contributed by atoms with Gasteiger partial charge in [-0.15, -0.1) is 0 Å². The average molecular weight is 395 g/mol. The van der Waals surface area contributed by atoms with Crippen LogP contribution in [0.15, 0.2) is 22.7 Å². The molecule has 0 atom stereocenters. The van der Waals surface area contributed by atoms with Gasteiger partial charge in [0.05, 0.1) is 16.6 Å². The van der Waals surface area contributed by atoms with Crippen molar-refractivity contribution in [3.8, 4) is 11.8 Å². The average Bonchev–Trinajstić information content (AvgIpc) is 2.53. The van der Waals surface area contributed by atoms with Crippen LogP contribution in [0.25, 0.3) is 0 Å². The van der Waals surface area contributed by atoms with Crippen molar-refractivity contribution in [3.63, 3.8) is 0 Å². The Kier molecular flexibility index (Phi) is 6.11. The number of halogens is 1. The van der Waals surface area contributed by atoms with Crippen molar-refractivity contribution in [3.05, 3.63) is 28.2 Å². The zero-order chi connectivity index (χ0) is 17.7. The summed E-state index contributed by atoms with van der Waals surface area (Å²) in [4.78, 5) is 13.8. The summed E-state index contributed by atoms with van der Waals surface area (Å²) in [5.74, 6) is 1.07. The standard InChI is InChI=1S/C18H23BrN2O3/c1-18(2,3)24-17(22)21-9-7-13(8-10-21)12-23-15-6-4-5-14(11-20)16(15)19/h4-6,13H,7-10,12H2,1-3H3. The van der Waals surface area contributed by atoms with Gasteiger partial charge < -0.3 is 14.4 Å². The summed E-state index contributed by atoms with van der Waals surface area (Å²) < 4.78 is 12.0. The van der Waals surface area contributed by atoms with Crippen LogP contribution in [0.1, 0.15) is 39.2 Å². The zero-order valence-corrected chi connectivity index (χ0v) is 15.9. The van der Waals surface area contributed by atoms with E-state index >= 15 is 0 Å². The molecule has 5 nitrogen and oxygen atoms in total. The predicted octanol–water partition coefficient (Wildman–Crippen LogP) is 4.35. The second-order valence-electron chi connectivity index (χ2n) is 6.95. The van der Waals surface area contributed by atoms with Crippen molar-refractivity contribution < 1.29 is 14.3 Å². The van der Waals surface area contributed by atoms with E-state index in [0.717, 1.165) is 12.8 Å². The largest absolute Gasteiger partial charge is 0.492 e. The van der Waals surface area contributed by atoms with Gasteiger partial charge in [-0.3, -0.25) is 0 Å². The molecule has 1 aromatic carbocycles. The van der Waals surface area contributed by atoms with Crippen LogP contribution in [0.2, 0.25) is 0 Å². The number of hydrogen-bond donors (Lipinski definition) is 0. The molecule has 0 N–H and O–H groups in total. The first-order chi connectivity index (χ1) is 11.3. The summed E-state index contributed by atoms with van der Waals surface area (Å²) in [6, 6.07) is 7.53. The lowest BCUT2D eigenvalue weighted by molar-refractivity contribution is 0.0165. The molecule has 0 bridgehead atoms. The van der Waals surface area contributed by atoms with E-state index in [0.29, 0.717) is 41.4 Å². The van der Waals surface area contributed by atoms with E-state index in [1.807, 2.05) is 32.9 Å². The number of ether oxygens (including phenoxy) is 2. The Morgan fingerprint density at radius 1 is 1.38 bits per heavy atom. The van der Waals surface area contributed by atoms with Crippen LogP contribution < -0.4 is 4.74 Å². The van der Waals surface area contributed by atoms with E-state index in [1.54, 1.807) is 11.0 Å². The molecule has 6 heteroatoms. The third-order valence-corrected chi connectivity index (χ3v) is 4.64. The summed E-state index contributed by atoms with van der Waals surface area (Å²) in [6.45, 7) is 7.57. The molecule has 0 spiro atoms. The van der Waals surface area contributed by atoms with Gasteiger partial charge in [0.1, 0.15) is 17.4 Å². The van der Waals surface area contributed by atoms with Crippen LogP contribution in [-0.4, -0.2) is 36.3 Å². The SMILES string of the molecule is CC(C)(C)OC(=O)N1CCC(COc2cccc(C#N)c2Br)CC1. The summed E-state index contributed by atoms with van der Waals surface area (Å²) in [6.07, 6.45) is 1.52. The Hall–Kier alpha value is -1.74. The molecule has 1 heterocycles. The first-order valence-electron chi connectivity index (χ1n) is 8.09. The third-order valence-electron chi connectivity index (χ3n) is 3.82. The predicted molar refractivity (Wildman–Crippen MR) is 94.9 cm³/mol. The summed E-state index contributed by atoms with van der Waals surface area (Å²) in [5, 5.41) is 9.04. The van der Waals surface area contributed by atoms with Crippen molar-refractivity contribution in [1.29, 1.82) is 5.26 Å². The van der Waals surface area contributed by atoms with E-state index in [1.165, 1.54) is 0 Å². The smallest absolute Gasteiger partial charge is 0.410 e. The molecule has 1 fully saturated rings. The lowest BCUT2D eigenvalue weighted by atomic mass is 9.98. The van der Waals surface area contributed by atoms with E-state index in [4.69, 9.17) is 14.7 Å². The molecular weight excluding hydrogens is 372 g/mol. The molecule has 1 aliphatic heterocycles. The molecular formula is C18H23BrN2O3. The highest BCUT2D eigenvalue weighted by molar-refractivity contribution is 9.10. The third kappa shape index (κ3) is 5.13. The molecule has 1 saturated heterocycles. The van der Waals surface area contributed by atoms with Crippen molar-refractivity contribution in [2.45, 2.75) is 39.2 Å². The molecule has 0 aromatic heterocycles. The molecule has 0 saturated carbocycles. The van der Waals surface area contributed by atoms with E-state index in [2.05, 4.69) is 22.0 Å². The number of likely N-dealkylation sites (tertiary alicyclic amines) is 1. The lowest BCUT2D eigenvalue weighted by Crippen LogP contribution is -2.42. The molecule has 0 unspecified atom stereocenters. The molecule has 1 amide bonds. The normalized spacial score (nSPS) is 15.7. The van der Waals surface area contributed by atoms with Crippen molar-refractivity contribution in [1.82, 2.24) is 4.90 Å². The fourth-order valence-corrected chi connectivity index (χ4v) is 2.99. The Morgan fingerprint density at radius 2 is 2.04 bits per heavy atom. The first-order valence-corrected chi connectivity index (χ1v) is 8.89. The molecule has 0 radical (unpaired) electrons. The number of nitrogens with zero attached hydrogens (tertiary/aromatic N) is 2. The minimum atomic E-state index is -0.463. The molecule has 130 valence electrons.